The summed E-state index contributed by atoms with van der Waals surface area (Å²) < 4.78 is 27.8. The number of carbonyl (C=O) groups is 1. The van der Waals surface area contributed by atoms with E-state index in [1.807, 2.05) is 24.3 Å². The molecule has 2 aliphatic rings. The van der Waals surface area contributed by atoms with E-state index in [-0.39, 0.29) is 23.2 Å². The highest BCUT2D eigenvalue weighted by molar-refractivity contribution is 7.89. The molecule has 1 amide bonds. The topological polar surface area (TPSA) is 82.6 Å². The van der Waals surface area contributed by atoms with E-state index >= 15 is 0 Å². The van der Waals surface area contributed by atoms with E-state index in [0.717, 1.165) is 43.7 Å². The van der Waals surface area contributed by atoms with Gasteiger partial charge in [-0.05, 0) is 54.8 Å². The Hall–Kier alpha value is -2.30. The van der Waals surface area contributed by atoms with Gasteiger partial charge in [0.25, 0.3) is 5.91 Å². The lowest BCUT2D eigenvalue weighted by atomic mass is 10.0. The zero-order valence-electron chi connectivity index (χ0n) is 19.6. The summed E-state index contributed by atoms with van der Waals surface area (Å²) in [5.41, 5.74) is 3.71. The lowest BCUT2D eigenvalue weighted by molar-refractivity contribution is 0.102. The predicted octanol–water partition coefficient (Wildman–Crippen LogP) is 4.33. The van der Waals surface area contributed by atoms with Crippen LogP contribution in [0.4, 0.5) is 5.13 Å². The first kappa shape index (κ1) is 25.8. The lowest BCUT2D eigenvalue weighted by Crippen LogP contribution is -2.35. The number of nitrogens with zero attached hydrogens (tertiary/aromatic N) is 3. The summed E-state index contributed by atoms with van der Waals surface area (Å²) in [5, 5.41) is 3.48. The van der Waals surface area contributed by atoms with Crippen molar-refractivity contribution in [2.75, 3.05) is 25.0 Å². The van der Waals surface area contributed by atoms with Gasteiger partial charge in [0.2, 0.25) is 10.0 Å². The first-order chi connectivity index (χ1) is 16.4. The smallest absolute Gasteiger partial charge is 0.257 e. The molecule has 5 rings (SSSR count). The van der Waals surface area contributed by atoms with E-state index in [9.17, 15) is 13.2 Å². The van der Waals surface area contributed by atoms with Gasteiger partial charge >= 0.3 is 0 Å². The average molecular weight is 533 g/mol. The maximum absolute atomic E-state index is 13.2. The Morgan fingerprint density at radius 3 is 2.51 bits per heavy atom. The molecule has 1 aromatic heterocycles. The number of hydrogen-bond donors (Lipinski definition) is 1. The number of hydrogen-bond acceptors (Lipinski definition) is 6. The highest BCUT2D eigenvalue weighted by Gasteiger charge is 2.28. The molecule has 0 fully saturated rings. The molecule has 7 nitrogen and oxygen atoms in total. The molecule has 2 aromatic carbocycles. The van der Waals surface area contributed by atoms with Crippen LogP contribution in [-0.4, -0.2) is 48.1 Å². The number of anilines is 1. The fourth-order valence-electron chi connectivity index (χ4n) is 4.58. The number of sulfonamides is 1. The minimum atomic E-state index is -3.63. The van der Waals surface area contributed by atoms with E-state index in [0.29, 0.717) is 30.2 Å². The van der Waals surface area contributed by atoms with E-state index in [4.69, 9.17) is 0 Å². The molecule has 0 atom stereocenters. The minimum absolute atomic E-state index is 0. The number of carbonyl (C=O) groups excluding carboxylic acids is 1. The third-order valence-corrected chi connectivity index (χ3v) is 9.28. The van der Waals surface area contributed by atoms with E-state index in [2.05, 4.69) is 22.1 Å². The number of nitrogens with one attached hydrogen (secondary N) is 1. The lowest BCUT2D eigenvalue weighted by Gasteiger charge is -2.28. The van der Waals surface area contributed by atoms with Gasteiger partial charge in [-0.2, -0.15) is 4.31 Å². The van der Waals surface area contributed by atoms with Gasteiger partial charge in [-0.3, -0.25) is 15.0 Å². The highest BCUT2D eigenvalue weighted by Crippen LogP contribution is 2.29. The first-order valence-corrected chi connectivity index (χ1v) is 13.9. The third-order valence-electron chi connectivity index (χ3n) is 6.42. The van der Waals surface area contributed by atoms with Crippen LogP contribution in [-0.2, 0) is 36.0 Å². The molecule has 0 unspecified atom stereocenters. The van der Waals surface area contributed by atoms with Crippen molar-refractivity contribution in [1.29, 1.82) is 0 Å². The number of thiazole rings is 1. The molecule has 186 valence electrons. The molecular formula is C25H29ClN4O3S2. The molecule has 0 spiro atoms. The molecule has 0 radical (unpaired) electrons. The number of amides is 1. The summed E-state index contributed by atoms with van der Waals surface area (Å²) in [6, 6.07) is 14.1. The monoisotopic (exact) mass is 532 g/mol. The van der Waals surface area contributed by atoms with Crippen molar-refractivity contribution in [1.82, 2.24) is 14.2 Å². The predicted molar refractivity (Wildman–Crippen MR) is 141 cm³/mol. The Morgan fingerprint density at radius 2 is 1.77 bits per heavy atom. The zero-order valence-corrected chi connectivity index (χ0v) is 22.0. The zero-order chi connectivity index (χ0) is 23.7. The van der Waals surface area contributed by atoms with E-state index in [1.54, 1.807) is 12.1 Å². The molecule has 35 heavy (non-hydrogen) atoms. The van der Waals surface area contributed by atoms with E-state index in [1.165, 1.54) is 38.2 Å². The first-order valence-electron chi connectivity index (χ1n) is 11.6. The molecular weight excluding hydrogens is 504 g/mol. The van der Waals surface area contributed by atoms with Gasteiger partial charge in [0.05, 0.1) is 10.6 Å². The molecule has 0 saturated carbocycles. The van der Waals surface area contributed by atoms with Crippen molar-refractivity contribution in [3.8, 4) is 0 Å². The van der Waals surface area contributed by atoms with Crippen molar-refractivity contribution in [3.05, 3.63) is 75.8 Å². The van der Waals surface area contributed by atoms with Gasteiger partial charge in [-0.1, -0.05) is 31.2 Å². The Morgan fingerprint density at radius 1 is 1.03 bits per heavy atom. The summed E-state index contributed by atoms with van der Waals surface area (Å²) in [5.74, 6) is -0.285. The van der Waals surface area contributed by atoms with E-state index < -0.39 is 10.0 Å². The van der Waals surface area contributed by atoms with Crippen LogP contribution >= 0.6 is 23.7 Å². The van der Waals surface area contributed by atoms with Gasteiger partial charge in [0.15, 0.2) is 5.13 Å². The quantitative estimate of drug-likeness (QED) is 0.511. The van der Waals surface area contributed by atoms with Crippen molar-refractivity contribution in [3.63, 3.8) is 0 Å². The number of benzene rings is 2. The minimum Gasteiger partial charge on any atom is -0.298 e. The summed E-state index contributed by atoms with van der Waals surface area (Å²) >= 11 is 1.52. The molecule has 3 heterocycles. The fraction of sp³-hybridized carbons (Fsp3) is 0.360. The van der Waals surface area contributed by atoms with Gasteiger partial charge < -0.3 is 0 Å². The molecule has 0 bridgehead atoms. The Kier molecular flexibility index (Phi) is 7.92. The number of fused-ring (bicyclic) bond motifs is 2. The van der Waals surface area contributed by atoms with Gasteiger partial charge in [-0.15, -0.1) is 23.7 Å². The largest absolute Gasteiger partial charge is 0.298 e. The Bertz CT molecular complexity index is 1310. The third kappa shape index (κ3) is 5.44. The van der Waals surface area contributed by atoms with Crippen LogP contribution in [0.5, 0.6) is 0 Å². The van der Waals surface area contributed by atoms with Crippen LogP contribution in [0.2, 0.25) is 0 Å². The van der Waals surface area contributed by atoms with Crippen LogP contribution in [0, 0.1) is 0 Å². The van der Waals surface area contributed by atoms with Gasteiger partial charge in [0.1, 0.15) is 0 Å². The van der Waals surface area contributed by atoms with Gasteiger partial charge in [0, 0.05) is 43.0 Å². The number of rotatable bonds is 6. The highest BCUT2D eigenvalue weighted by atomic mass is 35.5. The summed E-state index contributed by atoms with van der Waals surface area (Å²) in [7, 11) is -3.63. The second-order valence-electron chi connectivity index (χ2n) is 8.75. The van der Waals surface area contributed by atoms with Crippen molar-refractivity contribution in [2.24, 2.45) is 0 Å². The summed E-state index contributed by atoms with van der Waals surface area (Å²) in [6.07, 6.45) is 2.72. The van der Waals surface area contributed by atoms with Crippen molar-refractivity contribution >= 4 is 44.8 Å². The van der Waals surface area contributed by atoms with Crippen LogP contribution in [0.25, 0.3) is 0 Å². The number of halogens is 1. The van der Waals surface area contributed by atoms with Crippen LogP contribution in [0.3, 0.4) is 0 Å². The number of aromatic nitrogens is 1. The fourth-order valence-corrected chi connectivity index (χ4v) is 7.05. The normalized spacial score (nSPS) is 16.1. The Labute approximate surface area is 216 Å². The summed E-state index contributed by atoms with van der Waals surface area (Å²) in [6.45, 7) is 5.94. The standard InChI is InChI=1S/C25H28N4O3S2.ClH/c1-2-13-28-14-12-22-23(17-28)33-25(26-22)27-24(30)19-7-9-21(10-8-19)34(31,32)29-15-11-18-5-3-4-6-20(18)16-29;/h3-10H,2,11-17H2,1H3,(H,26,27,30);1H. The second-order valence-corrected chi connectivity index (χ2v) is 11.8. The van der Waals surface area contributed by atoms with Crippen LogP contribution < -0.4 is 5.32 Å². The van der Waals surface area contributed by atoms with Crippen LogP contribution in [0.15, 0.2) is 53.4 Å². The second kappa shape index (κ2) is 10.8. The molecule has 2 aliphatic heterocycles. The molecule has 0 saturated heterocycles. The Balaban J connectivity index is 0.00000289. The molecule has 0 aliphatic carbocycles. The van der Waals surface area contributed by atoms with Gasteiger partial charge in [-0.25, -0.2) is 13.4 Å². The molecule has 10 heteroatoms. The maximum Gasteiger partial charge on any atom is 0.257 e. The van der Waals surface area contributed by atoms with Crippen molar-refractivity contribution < 1.29 is 13.2 Å². The molecule has 3 aromatic rings. The summed E-state index contributed by atoms with van der Waals surface area (Å²) in [4.78, 5) is 21.2. The van der Waals surface area contributed by atoms with Crippen molar-refractivity contribution in [2.45, 2.75) is 44.2 Å². The van der Waals surface area contributed by atoms with Crippen LogP contribution in [0.1, 0.15) is 45.4 Å². The maximum atomic E-state index is 13.2. The average Bonchev–Trinajstić information content (AvgIpc) is 3.25. The SMILES string of the molecule is CCCN1CCc2nc(NC(=O)c3ccc(S(=O)(=O)N4CCc5ccccc5C4)cc3)sc2C1.Cl. The molecule has 1 N–H and O–H groups in total.